The molecule has 2 N–H and O–H groups in total. The van der Waals surface area contributed by atoms with E-state index < -0.39 is 0 Å². The fourth-order valence-corrected chi connectivity index (χ4v) is 3.30. The summed E-state index contributed by atoms with van der Waals surface area (Å²) in [5.41, 5.74) is 1.99. The number of hydrogen-bond donors (Lipinski definition) is 2. The highest BCUT2D eigenvalue weighted by atomic mass is 16.1. The Balaban J connectivity index is 1.40. The number of benzene rings is 1. The first-order chi connectivity index (χ1) is 11.6. The Bertz CT molecular complexity index is 640. The van der Waals surface area contributed by atoms with E-state index in [0.29, 0.717) is 18.9 Å². The van der Waals surface area contributed by atoms with Crippen LogP contribution in [0.3, 0.4) is 0 Å². The third-order valence-electron chi connectivity index (χ3n) is 5.06. The third-order valence-corrected chi connectivity index (χ3v) is 5.06. The van der Waals surface area contributed by atoms with Crippen LogP contribution in [-0.4, -0.2) is 46.5 Å². The van der Waals surface area contributed by atoms with Crippen molar-refractivity contribution < 1.29 is 4.79 Å². The summed E-state index contributed by atoms with van der Waals surface area (Å²) >= 11 is 0. The van der Waals surface area contributed by atoms with Gasteiger partial charge in [-0.15, -0.1) is 0 Å². The van der Waals surface area contributed by atoms with E-state index in [0.717, 1.165) is 42.4 Å². The average Bonchev–Trinajstić information content (AvgIpc) is 3.01. The van der Waals surface area contributed by atoms with Gasteiger partial charge in [-0.05, 0) is 50.9 Å². The summed E-state index contributed by atoms with van der Waals surface area (Å²) in [5.74, 6) is 1.82. The minimum atomic E-state index is 0.104. The highest BCUT2D eigenvalue weighted by Crippen LogP contribution is 2.17. The van der Waals surface area contributed by atoms with Crippen LogP contribution in [0.25, 0.3) is 11.0 Å². The topological polar surface area (TPSA) is 61.0 Å². The molecule has 24 heavy (non-hydrogen) atoms. The number of likely N-dealkylation sites (tertiary alicyclic amines) is 1. The zero-order chi connectivity index (χ0) is 16.9. The number of H-pyrrole nitrogens is 1. The van der Waals surface area contributed by atoms with E-state index in [1.165, 1.54) is 12.8 Å². The minimum absolute atomic E-state index is 0.104. The van der Waals surface area contributed by atoms with Crippen molar-refractivity contribution in [3.05, 3.63) is 30.1 Å². The van der Waals surface area contributed by atoms with Gasteiger partial charge in [-0.2, -0.15) is 0 Å². The van der Waals surface area contributed by atoms with Crippen molar-refractivity contribution in [1.82, 2.24) is 20.2 Å². The number of hydrogen-bond acceptors (Lipinski definition) is 3. The monoisotopic (exact) mass is 328 g/mol. The first kappa shape index (κ1) is 17.0. The normalized spacial score (nSPS) is 17.9. The molecule has 5 heteroatoms. The molecule has 1 fully saturated rings. The molecule has 2 aromatic rings. The first-order valence-corrected chi connectivity index (χ1v) is 9.06. The van der Waals surface area contributed by atoms with E-state index in [1.54, 1.807) is 0 Å². The molecule has 3 rings (SSSR count). The number of nitrogens with one attached hydrogen (secondary N) is 2. The van der Waals surface area contributed by atoms with Crippen molar-refractivity contribution in [2.24, 2.45) is 5.92 Å². The van der Waals surface area contributed by atoms with Crippen LogP contribution in [0.2, 0.25) is 0 Å². The van der Waals surface area contributed by atoms with Gasteiger partial charge in [0.25, 0.3) is 0 Å². The number of carbonyl (C=O) groups excluding carboxylic acids is 1. The fourth-order valence-electron chi connectivity index (χ4n) is 3.30. The predicted octanol–water partition coefficient (Wildman–Crippen LogP) is 2.73. The van der Waals surface area contributed by atoms with Crippen molar-refractivity contribution in [2.45, 2.75) is 45.6 Å². The van der Waals surface area contributed by atoms with Gasteiger partial charge >= 0.3 is 0 Å². The molecule has 0 spiro atoms. The Morgan fingerprint density at radius 1 is 1.38 bits per heavy atom. The molecule has 1 aromatic heterocycles. The molecule has 1 aromatic carbocycles. The maximum Gasteiger partial charge on any atom is 0.220 e. The van der Waals surface area contributed by atoms with Gasteiger partial charge in [-0.1, -0.05) is 19.1 Å². The number of aromatic amines is 1. The SMILES string of the molecule is CC1CCN([C@H](C)CNC(=O)CCc2nc3ccccc3[nH]2)CC1. The molecular weight excluding hydrogens is 300 g/mol. The van der Waals surface area contributed by atoms with E-state index >= 15 is 0 Å². The Morgan fingerprint density at radius 3 is 2.88 bits per heavy atom. The Morgan fingerprint density at radius 2 is 2.12 bits per heavy atom. The van der Waals surface area contributed by atoms with Crippen molar-refractivity contribution in [3.8, 4) is 0 Å². The number of para-hydroxylation sites is 2. The summed E-state index contributed by atoms with van der Waals surface area (Å²) in [5, 5.41) is 3.07. The smallest absolute Gasteiger partial charge is 0.220 e. The van der Waals surface area contributed by atoms with Crippen LogP contribution >= 0.6 is 0 Å². The number of fused-ring (bicyclic) bond motifs is 1. The molecule has 5 nitrogen and oxygen atoms in total. The molecule has 130 valence electrons. The van der Waals surface area contributed by atoms with Gasteiger partial charge in [0.1, 0.15) is 5.82 Å². The second-order valence-corrected chi connectivity index (χ2v) is 7.07. The highest BCUT2D eigenvalue weighted by molar-refractivity contribution is 5.77. The van der Waals surface area contributed by atoms with Crippen LogP contribution in [0.5, 0.6) is 0 Å². The van der Waals surface area contributed by atoms with Crippen molar-refractivity contribution in [2.75, 3.05) is 19.6 Å². The fraction of sp³-hybridized carbons (Fsp3) is 0.579. The lowest BCUT2D eigenvalue weighted by Crippen LogP contribution is -2.45. The van der Waals surface area contributed by atoms with Crippen molar-refractivity contribution in [1.29, 1.82) is 0 Å². The maximum atomic E-state index is 12.1. The average molecular weight is 328 g/mol. The summed E-state index contributed by atoms with van der Waals surface area (Å²) < 4.78 is 0. The molecule has 1 aliphatic rings. The molecule has 1 atom stereocenters. The number of piperidine rings is 1. The summed E-state index contributed by atoms with van der Waals surface area (Å²) in [4.78, 5) is 22.4. The molecule has 0 aliphatic carbocycles. The maximum absolute atomic E-state index is 12.1. The van der Waals surface area contributed by atoms with Gasteiger partial charge in [0, 0.05) is 25.4 Å². The molecule has 0 saturated carbocycles. The zero-order valence-corrected chi connectivity index (χ0v) is 14.7. The summed E-state index contributed by atoms with van der Waals surface area (Å²) in [7, 11) is 0. The van der Waals surface area contributed by atoms with E-state index in [2.05, 4.69) is 34.0 Å². The van der Waals surface area contributed by atoms with Gasteiger partial charge in [-0.3, -0.25) is 9.69 Å². The van der Waals surface area contributed by atoms with E-state index in [9.17, 15) is 4.79 Å². The van der Waals surface area contributed by atoms with E-state index in [4.69, 9.17) is 0 Å². The summed E-state index contributed by atoms with van der Waals surface area (Å²) in [6.45, 7) is 7.55. The highest BCUT2D eigenvalue weighted by Gasteiger charge is 2.20. The summed E-state index contributed by atoms with van der Waals surface area (Å²) in [6.07, 6.45) is 3.66. The van der Waals surface area contributed by atoms with Crippen LogP contribution in [-0.2, 0) is 11.2 Å². The predicted molar refractivity (Wildman–Crippen MR) is 96.9 cm³/mol. The molecule has 2 heterocycles. The van der Waals surface area contributed by atoms with Crippen molar-refractivity contribution >= 4 is 16.9 Å². The standard InChI is InChI=1S/C19H28N4O/c1-14-9-11-23(12-10-14)15(2)13-20-19(24)8-7-18-21-16-5-3-4-6-17(16)22-18/h3-6,14-15H,7-13H2,1-2H3,(H,20,24)(H,21,22)/t15-/m1/s1. The van der Waals surface area contributed by atoms with Crippen LogP contribution in [0, 0.1) is 5.92 Å². The van der Waals surface area contributed by atoms with Crippen molar-refractivity contribution in [3.63, 3.8) is 0 Å². The molecule has 0 unspecified atom stereocenters. The number of carbonyl (C=O) groups is 1. The van der Waals surface area contributed by atoms with Crippen LogP contribution in [0.4, 0.5) is 0 Å². The van der Waals surface area contributed by atoms with E-state index in [-0.39, 0.29) is 5.91 Å². The van der Waals surface area contributed by atoms with E-state index in [1.807, 2.05) is 24.3 Å². The number of amides is 1. The second kappa shape index (κ2) is 7.79. The first-order valence-electron chi connectivity index (χ1n) is 9.06. The Hall–Kier alpha value is -1.88. The lowest BCUT2D eigenvalue weighted by atomic mass is 9.98. The molecule has 0 radical (unpaired) electrons. The Labute approximate surface area is 143 Å². The third kappa shape index (κ3) is 4.35. The quantitative estimate of drug-likeness (QED) is 0.857. The summed E-state index contributed by atoms with van der Waals surface area (Å²) in [6, 6.07) is 8.36. The van der Waals surface area contributed by atoms with Gasteiger partial charge in [0.05, 0.1) is 11.0 Å². The Kier molecular flexibility index (Phi) is 5.51. The minimum Gasteiger partial charge on any atom is -0.355 e. The van der Waals surface area contributed by atoms with Gasteiger partial charge in [0.2, 0.25) is 5.91 Å². The lowest BCUT2D eigenvalue weighted by molar-refractivity contribution is -0.121. The second-order valence-electron chi connectivity index (χ2n) is 7.07. The van der Waals surface area contributed by atoms with Crippen LogP contribution < -0.4 is 5.32 Å². The number of rotatable bonds is 6. The van der Waals surface area contributed by atoms with Crippen LogP contribution in [0.1, 0.15) is 38.9 Å². The number of aromatic nitrogens is 2. The molecule has 1 aliphatic heterocycles. The number of nitrogens with zero attached hydrogens (tertiary/aromatic N) is 2. The molecule has 1 amide bonds. The zero-order valence-electron chi connectivity index (χ0n) is 14.7. The molecular formula is C19H28N4O. The number of imidazole rings is 1. The van der Waals surface area contributed by atoms with Crippen LogP contribution in [0.15, 0.2) is 24.3 Å². The van der Waals surface area contributed by atoms with Gasteiger partial charge < -0.3 is 10.3 Å². The molecule has 1 saturated heterocycles. The molecule has 0 bridgehead atoms. The van der Waals surface area contributed by atoms with Gasteiger partial charge in [0.15, 0.2) is 0 Å². The van der Waals surface area contributed by atoms with Gasteiger partial charge in [-0.25, -0.2) is 4.98 Å². The lowest BCUT2D eigenvalue weighted by Gasteiger charge is -2.35. The number of aryl methyl sites for hydroxylation is 1. The largest absolute Gasteiger partial charge is 0.355 e.